The Morgan fingerprint density at radius 1 is 1.09 bits per heavy atom. The molecular formula is C31H38N2O11. The molecule has 0 bridgehead atoms. The lowest BCUT2D eigenvalue weighted by molar-refractivity contribution is -0.155. The molecule has 0 saturated carbocycles. The standard InChI is InChI=1S/C31H38N2O11/c1-17(2)15-42-31(39)44-26-24(40-5)11-12-32-25(26)27(34)33-23-16-41-29(37)22(14-20-9-7-6-8-10-20)21(13-18(3)28(35)36)19(4)43-30(23)38/h6-12,17-19,21-23H,13-16H2,1-5H3,(H,33,34)(H,35,36)/t18?,19-,21-,22+,23-/m0/s1. The number of nitrogens with zero attached hydrogens (tertiary/aromatic N) is 1. The lowest BCUT2D eigenvalue weighted by Crippen LogP contribution is -2.46. The molecule has 5 atom stereocenters. The van der Waals surface area contributed by atoms with Crippen molar-refractivity contribution in [3.05, 3.63) is 53.9 Å². The van der Waals surface area contributed by atoms with Gasteiger partial charge in [-0.2, -0.15) is 0 Å². The molecule has 1 aromatic heterocycles. The Labute approximate surface area is 255 Å². The van der Waals surface area contributed by atoms with E-state index >= 15 is 0 Å². The van der Waals surface area contributed by atoms with E-state index in [1.54, 1.807) is 6.92 Å². The maximum Gasteiger partial charge on any atom is 0.514 e. The zero-order valence-electron chi connectivity index (χ0n) is 25.3. The van der Waals surface area contributed by atoms with Gasteiger partial charge in [0.15, 0.2) is 17.5 Å². The molecule has 2 N–H and O–H groups in total. The molecule has 13 nitrogen and oxygen atoms in total. The Morgan fingerprint density at radius 2 is 1.80 bits per heavy atom. The normalized spacial score (nSPS) is 21.0. The zero-order chi connectivity index (χ0) is 32.4. The van der Waals surface area contributed by atoms with Gasteiger partial charge in [0, 0.05) is 18.2 Å². The molecular weight excluding hydrogens is 576 g/mol. The summed E-state index contributed by atoms with van der Waals surface area (Å²) in [6.07, 6.45) is -0.500. The van der Waals surface area contributed by atoms with Gasteiger partial charge in [0.1, 0.15) is 12.7 Å². The van der Waals surface area contributed by atoms with Crippen molar-refractivity contribution in [3.63, 3.8) is 0 Å². The number of carbonyl (C=O) groups is 5. The van der Waals surface area contributed by atoms with Gasteiger partial charge < -0.3 is 34.1 Å². The molecule has 1 aliphatic rings. The summed E-state index contributed by atoms with van der Waals surface area (Å²) in [7, 11) is 1.30. The van der Waals surface area contributed by atoms with E-state index in [1.807, 2.05) is 44.2 Å². The summed E-state index contributed by atoms with van der Waals surface area (Å²) in [6.45, 7) is 6.25. The number of nitrogens with one attached hydrogen (secondary N) is 1. The van der Waals surface area contributed by atoms with Gasteiger partial charge >= 0.3 is 24.1 Å². The van der Waals surface area contributed by atoms with Gasteiger partial charge in [0.25, 0.3) is 5.91 Å². The molecule has 0 spiro atoms. The molecule has 1 fully saturated rings. The van der Waals surface area contributed by atoms with Gasteiger partial charge in [-0.1, -0.05) is 51.1 Å². The van der Waals surface area contributed by atoms with E-state index in [0.29, 0.717) is 0 Å². The number of hydrogen-bond donors (Lipinski definition) is 2. The van der Waals surface area contributed by atoms with Gasteiger partial charge in [0.2, 0.25) is 5.75 Å². The molecule has 1 aliphatic heterocycles. The number of amides is 1. The first kappa shape index (κ1) is 33.8. The van der Waals surface area contributed by atoms with Crippen LogP contribution in [0.5, 0.6) is 11.5 Å². The van der Waals surface area contributed by atoms with Crippen molar-refractivity contribution >= 4 is 30.0 Å². The molecule has 1 unspecified atom stereocenters. The highest BCUT2D eigenvalue weighted by molar-refractivity contribution is 5.98. The van der Waals surface area contributed by atoms with Crippen molar-refractivity contribution in [2.24, 2.45) is 23.7 Å². The van der Waals surface area contributed by atoms with Crippen LogP contribution in [0.4, 0.5) is 4.79 Å². The van der Waals surface area contributed by atoms with Crippen LogP contribution in [0.3, 0.4) is 0 Å². The third kappa shape index (κ3) is 9.16. The van der Waals surface area contributed by atoms with E-state index in [0.717, 1.165) is 5.56 Å². The van der Waals surface area contributed by atoms with E-state index in [1.165, 1.54) is 26.3 Å². The van der Waals surface area contributed by atoms with Crippen molar-refractivity contribution < 1.29 is 52.8 Å². The highest BCUT2D eigenvalue weighted by Gasteiger charge is 2.41. The number of cyclic esters (lactones) is 2. The number of hydrogen-bond acceptors (Lipinski definition) is 11. The van der Waals surface area contributed by atoms with Crippen LogP contribution in [0.1, 0.15) is 50.2 Å². The van der Waals surface area contributed by atoms with Crippen molar-refractivity contribution in [1.29, 1.82) is 0 Å². The number of pyridine rings is 1. The van der Waals surface area contributed by atoms with Crippen LogP contribution in [0.2, 0.25) is 0 Å². The molecule has 0 aliphatic carbocycles. The number of aromatic nitrogens is 1. The summed E-state index contributed by atoms with van der Waals surface area (Å²) in [5.74, 6) is -6.28. The highest BCUT2D eigenvalue weighted by atomic mass is 16.7. The Bertz CT molecular complexity index is 1330. The average Bonchev–Trinajstić information content (AvgIpc) is 3.02. The SMILES string of the molecule is COc1ccnc(C(=O)N[C@H]2COC(=O)[C@H](Cc3ccccc3)[C@@H](CC(C)C(=O)O)[C@H](C)OC2=O)c1OC(=O)OCC(C)C. The molecule has 44 heavy (non-hydrogen) atoms. The first-order valence-corrected chi connectivity index (χ1v) is 14.2. The van der Waals surface area contributed by atoms with Crippen LogP contribution < -0.4 is 14.8 Å². The number of benzene rings is 1. The molecule has 3 rings (SSSR count). The maximum absolute atomic E-state index is 13.5. The van der Waals surface area contributed by atoms with Crippen LogP contribution in [-0.4, -0.2) is 72.5 Å². The Balaban J connectivity index is 1.87. The van der Waals surface area contributed by atoms with Crippen molar-refractivity contribution in [1.82, 2.24) is 10.3 Å². The number of carbonyl (C=O) groups excluding carboxylic acids is 4. The minimum Gasteiger partial charge on any atom is -0.493 e. The smallest absolute Gasteiger partial charge is 0.493 e. The predicted octanol–water partition coefficient (Wildman–Crippen LogP) is 3.43. The van der Waals surface area contributed by atoms with E-state index < -0.39 is 72.2 Å². The number of carboxylic acid groups (broad SMARTS) is 1. The van der Waals surface area contributed by atoms with Gasteiger partial charge in [-0.05, 0) is 31.2 Å². The second-order valence-corrected chi connectivity index (χ2v) is 11.0. The maximum atomic E-state index is 13.5. The topological polar surface area (TPSA) is 177 Å². The van der Waals surface area contributed by atoms with Crippen molar-refractivity contribution in [2.75, 3.05) is 20.3 Å². The monoisotopic (exact) mass is 614 g/mol. The Kier molecular flexibility index (Phi) is 12.1. The first-order valence-electron chi connectivity index (χ1n) is 14.2. The van der Waals surface area contributed by atoms with Gasteiger partial charge in [-0.15, -0.1) is 0 Å². The third-order valence-electron chi connectivity index (χ3n) is 7.08. The van der Waals surface area contributed by atoms with E-state index in [-0.39, 0.29) is 36.9 Å². The summed E-state index contributed by atoms with van der Waals surface area (Å²) < 4.78 is 26.7. The molecule has 0 radical (unpaired) electrons. The number of esters is 2. The molecule has 238 valence electrons. The largest absolute Gasteiger partial charge is 0.514 e. The van der Waals surface area contributed by atoms with Gasteiger partial charge in [-0.3, -0.25) is 14.4 Å². The lowest BCUT2D eigenvalue weighted by Gasteiger charge is -2.30. The number of carboxylic acids is 1. The second kappa shape index (κ2) is 15.7. The number of ether oxygens (including phenoxy) is 5. The first-order chi connectivity index (χ1) is 20.9. The molecule has 13 heteroatoms. The minimum atomic E-state index is -1.46. The van der Waals surface area contributed by atoms with E-state index in [4.69, 9.17) is 23.7 Å². The molecule has 1 amide bonds. The zero-order valence-corrected chi connectivity index (χ0v) is 25.3. The average molecular weight is 615 g/mol. The minimum absolute atomic E-state index is 0.00267. The number of aliphatic carboxylic acids is 1. The van der Waals surface area contributed by atoms with Crippen LogP contribution in [0, 0.1) is 23.7 Å². The fraction of sp³-hybridized carbons (Fsp3) is 0.484. The Morgan fingerprint density at radius 3 is 2.43 bits per heavy atom. The second-order valence-electron chi connectivity index (χ2n) is 11.0. The van der Waals surface area contributed by atoms with Crippen LogP contribution in [0.15, 0.2) is 42.6 Å². The summed E-state index contributed by atoms with van der Waals surface area (Å²) in [5.41, 5.74) is 0.418. The molecule has 1 saturated heterocycles. The quantitative estimate of drug-likeness (QED) is 0.279. The van der Waals surface area contributed by atoms with Gasteiger partial charge in [-0.25, -0.2) is 14.6 Å². The molecule has 2 aromatic rings. The van der Waals surface area contributed by atoms with Crippen molar-refractivity contribution in [3.8, 4) is 11.5 Å². The highest BCUT2D eigenvalue weighted by Crippen LogP contribution is 2.32. The van der Waals surface area contributed by atoms with Crippen LogP contribution >= 0.6 is 0 Å². The Hall–Kier alpha value is -4.68. The molecule has 1 aromatic carbocycles. The van der Waals surface area contributed by atoms with Crippen LogP contribution in [-0.2, 0) is 35.0 Å². The third-order valence-corrected chi connectivity index (χ3v) is 7.08. The summed E-state index contributed by atoms with van der Waals surface area (Å²) in [6, 6.07) is 9.02. The van der Waals surface area contributed by atoms with Crippen LogP contribution in [0.25, 0.3) is 0 Å². The van der Waals surface area contributed by atoms with Crippen molar-refractivity contribution in [2.45, 2.75) is 52.7 Å². The lowest BCUT2D eigenvalue weighted by atomic mass is 9.78. The van der Waals surface area contributed by atoms with Gasteiger partial charge in [0.05, 0.1) is 25.6 Å². The predicted molar refractivity (Wildman–Crippen MR) is 154 cm³/mol. The molecule has 2 heterocycles. The van der Waals surface area contributed by atoms with E-state index in [2.05, 4.69) is 10.3 Å². The fourth-order valence-corrected chi connectivity index (χ4v) is 4.69. The fourth-order valence-electron chi connectivity index (χ4n) is 4.69. The number of methoxy groups -OCH3 is 1. The van der Waals surface area contributed by atoms with E-state index in [9.17, 15) is 29.1 Å². The summed E-state index contributed by atoms with van der Waals surface area (Å²) in [4.78, 5) is 68.1. The number of rotatable bonds is 11. The summed E-state index contributed by atoms with van der Waals surface area (Å²) >= 11 is 0. The summed E-state index contributed by atoms with van der Waals surface area (Å²) in [5, 5.41) is 12.0.